The summed E-state index contributed by atoms with van der Waals surface area (Å²) < 4.78 is 2.28. The first-order chi connectivity index (χ1) is 13.8. The van der Waals surface area contributed by atoms with E-state index in [2.05, 4.69) is 54.7 Å². The lowest BCUT2D eigenvalue weighted by atomic mass is 10.2. The van der Waals surface area contributed by atoms with E-state index in [9.17, 15) is 4.79 Å². The number of thioether (sulfide) groups is 1. The molecule has 0 bridgehead atoms. The van der Waals surface area contributed by atoms with Crippen molar-refractivity contribution in [2.24, 2.45) is 0 Å². The normalized spacial score (nSPS) is 19.4. The van der Waals surface area contributed by atoms with Crippen LogP contribution < -0.4 is 0 Å². The molecule has 0 aromatic carbocycles. The summed E-state index contributed by atoms with van der Waals surface area (Å²) in [5.41, 5.74) is 0. The van der Waals surface area contributed by atoms with Gasteiger partial charge in [-0.15, -0.1) is 32.9 Å². The summed E-state index contributed by atoms with van der Waals surface area (Å²) in [4.78, 5) is 17.6. The predicted octanol–water partition coefficient (Wildman–Crippen LogP) is 4.78. The number of hydrogen-bond donors (Lipinski definition) is 0. The molecule has 8 heteroatoms. The van der Waals surface area contributed by atoms with E-state index in [1.807, 2.05) is 0 Å². The van der Waals surface area contributed by atoms with Crippen molar-refractivity contribution in [2.45, 2.75) is 49.3 Å². The van der Waals surface area contributed by atoms with Gasteiger partial charge in [0.15, 0.2) is 5.16 Å². The van der Waals surface area contributed by atoms with Crippen LogP contribution in [0.4, 0.5) is 0 Å². The molecule has 146 valence electrons. The Balaban J connectivity index is 1.27. The Bertz CT molecular complexity index is 931. The molecule has 2 fully saturated rings. The maximum atomic E-state index is 12.9. The molecule has 1 saturated carbocycles. The fourth-order valence-electron chi connectivity index (χ4n) is 3.85. The highest BCUT2D eigenvalue weighted by molar-refractivity contribution is 7.99. The van der Waals surface area contributed by atoms with Crippen molar-refractivity contribution >= 4 is 40.3 Å². The molecule has 1 aliphatic heterocycles. The van der Waals surface area contributed by atoms with Gasteiger partial charge in [-0.05, 0) is 48.6 Å². The van der Waals surface area contributed by atoms with Crippen LogP contribution >= 0.6 is 34.4 Å². The molecule has 3 aromatic rings. The van der Waals surface area contributed by atoms with E-state index in [1.165, 1.54) is 22.6 Å². The number of thiophene rings is 2. The summed E-state index contributed by atoms with van der Waals surface area (Å²) in [5.74, 6) is 1.68. The fourth-order valence-corrected chi connectivity index (χ4v) is 6.33. The molecule has 3 aromatic heterocycles. The van der Waals surface area contributed by atoms with Crippen LogP contribution in [0.3, 0.4) is 0 Å². The van der Waals surface area contributed by atoms with Gasteiger partial charge in [-0.1, -0.05) is 23.9 Å². The van der Waals surface area contributed by atoms with Crippen molar-refractivity contribution in [3.8, 4) is 0 Å². The lowest BCUT2D eigenvalue weighted by Gasteiger charge is -2.23. The van der Waals surface area contributed by atoms with E-state index in [0.717, 1.165) is 36.8 Å². The Labute approximate surface area is 176 Å². The molecule has 4 heterocycles. The van der Waals surface area contributed by atoms with Crippen molar-refractivity contribution < 1.29 is 4.79 Å². The van der Waals surface area contributed by atoms with Crippen LogP contribution in [0.25, 0.3) is 0 Å². The van der Waals surface area contributed by atoms with Crippen molar-refractivity contribution in [1.82, 2.24) is 19.7 Å². The van der Waals surface area contributed by atoms with Gasteiger partial charge in [-0.25, -0.2) is 0 Å². The van der Waals surface area contributed by atoms with Gasteiger partial charge < -0.3 is 9.47 Å². The van der Waals surface area contributed by atoms with Crippen LogP contribution in [0.5, 0.6) is 0 Å². The van der Waals surface area contributed by atoms with Crippen molar-refractivity contribution in [3.63, 3.8) is 0 Å². The number of carbonyl (C=O) groups is 1. The molecule has 0 radical (unpaired) electrons. The maximum absolute atomic E-state index is 12.9. The van der Waals surface area contributed by atoms with E-state index in [0.29, 0.717) is 11.8 Å². The molecule has 28 heavy (non-hydrogen) atoms. The van der Waals surface area contributed by atoms with Gasteiger partial charge in [0.1, 0.15) is 5.82 Å². The second kappa shape index (κ2) is 8.00. The third kappa shape index (κ3) is 3.77. The summed E-state index contributed by atoms with van der Waals surface area (Å²) in [6.45, 7) is 0.862. The minimum atomic E-state index is 0.214. The van der Waals surface area contributed by atoms with Crippen LogP contribution in [0, 0.1) is 0 Å². The Morgan fingerprint density at radius 1 is 1.14 bits per heavy atom. The summed E-state index contributed by atoms with van der Waals surface area (Å²) in [7, 11) is 0. The van der Waals surface area contributed by atoms with Crippen LogP contribution in [0.2, 0.25) is 0 Å². The largest absolute Gasteiger partial charge is 0.334 e. The first kappa shape index (κ1) is 18.4. The van der Waals surface area contributed by atoms with E-state index in [1.54, 1.807) is 34.4 Å². The Morgan fingerprint density at radius 2 is 2.00 bits per heavy atom. The highest BCUT2D eigenvalue weighted by Gasteiger charge is 2.32. The van der Waals surface area contributed by atoms with Crippen LogP contribution in [0.1, 0.15) is 53.3 Å². The molecule has 1 aliphatic carbocycles. The minimum Gasteiger partial charge on any atom is -0.334 e. The zero-order valence-electron chi connectivity index (χ0n) is 15.5. The van der Waals surface area contributed by atoms with E-state index >= 15 is 0 Å². The van der Waals surface area contributed by atoms with Crippen LogP contribution in [0.15, 0.2) is 40.2 Å². The Hall–Kier alpha value is -1.64. The molecule has 2 aliphatic rings. The molecule has 5 nitrogen and oxygen atoms in total. The van der Waals surface area contributed by atoms with E-state index in [-0.39, 0.29) is 11.9 Å². The van der Waals surface area contributed by atoms with Crippen molar-refractivity contribution in [2.75, 3.05) is 12.3 Å². The molecule has 1 saturated heterocycles. The average molecular weight is 431 g/mol. The standard InChI is InChI=1S/C20H22N4OS3/c25-19(23-9-1-5-16(23)17-6-3-11-27-17)13-28-20-22-21-18(24(20)14-7-8-14)12-15-4-2-10-26-15/h2-4,6,10-11,14,16H,1,5,7-9,12-13H2/t16-/m1/s1. The zero-order valence-corrected chi connectivity index (χ0v) is 17.9. The topological polar surface area (TPSA) is 51.0 Å². The molecule has 1 amide bonds. The lowest BCUT2D eigenvalue weighted by molar-refractivity contribution is -0.129. The third-order valence-electron chi connectivity index (χ3n) is 5.33. The number of amides is 1. The molecule has 5 rings (SSSR count). The minimum absolute atomic E-state index is 0.214. The average Bonchev–Trinajstić information content (AvgIpc) is 3.22. The van der Waals surface area contributed by atoms with Crippen molar-refractivity contribution in [1.29, 1.82) is 0 Å². The lowest BCUT2D eigenvalue weighted by Crippen LogP contribution is -2.31. The van der Waals surface area contributed by atoms with Gasteiger partial charge in [0.2, 0.25) is 5.91 Å². The molecule has 0 N–H and O–H groups in total. The summed E-state index contributed by atoms with van der Waals surface area (Å²) in [6.07, 6.45) is 5.34. The van der Waals surface area contributed by atoms with Gasteiger partial charge in [0, 0.05) is 28.8 Å². The fraction of sp³-hybridized carbons (Fsp3) is 0.450. The second-order valence-electron chi connectivity index (χ2n) is 7.31. The third-order valence-corrected chi connectivity index (χ3v) is 8.11. The number of hydrogen-bond acceptors (Lipinski definition) is 6. The van der Waals surface area contributed by atoms with Gasteiger partial charge in [-0.3, -0.25) is 4.79 Å². The smallest absolute Gasteiger partial charge is 0.233 e. The Morgan fingerprint density at radius 3 is 2.75 bits per heavy atom. The number of nitrogens with zero attached hydrogens (tertiary/aromatic N) is 4. The van der Waals surface area contributed by atoms with Gasteiger partial charge >= 0.3 is 0 Å². The van der Waals surface area contributed by atoms with Crippen LogP contribution in [-0.2, 0) is 11.2 Å². The predicted molar refractivity (Wildman–Crippen MR) is 114 cm³/mol. The molecule has 1 atom stereocenters. The summed E-state index contributed by atoms with van der Waals surface area (Å²) in [6, 6.07) is 9.20. The molecule has 0 unspecified atom stereocenters. The van der Waals surface area contributed by atoms with E-state index in [4.69, 9.17) is 0 Å². The number of likely N-dealkylation sites (tertiary alicyclic amines) is 1. The highest BCUT2D eigenvalue weighted by Crippen LogP contribution is 2.40. The first-order valence-corrected chi connectivity index (χ1v) is 12.5. The summed E-state index contributed by atoms with van der Waals surface area (Å²) >= 11 is 5.05. The SMILES string of the molecule is O=C(CSc1nnc(Cc2cccs2)n1C1CC1)N1CCC[C@@H]1c1cccs1. The monoisotopic (exact) mass is 430 g/mol. The molecule has 0 spiro atoms. The quantitative estimate of drug-likeness (QED) is 0.506. The maximum Gasteiger partial charge on any atom is 0.233 e. The van der Waals surface area contributed by atoms with E-state index < -0.39 is 0 Å². The molecular weight excluding hydrogens is 408 g/mol. The van der Waals surface area contributed by atoms with Crippen molar-refractivity contribution in [3.05, 3.63) is 50.6 Å². The van der Waals surface area contributed by atoms with Crippen LogP contribution in [-0.4, -0.2) is 37.9 Å². The Kier molecular flexibility index (Phi) is 5.26. The van der Waals surface area contributed by atoms with Gasteiger partial charge in [0.25, 0.3) is 0 Å². The summed E-state index contributed by atoms with van der Waals surface area (Å²) in [5, 5.41) is 14.0. The molecular formula is C20H22N4OS3. The first-order valence-electron chi connectivity index (χ1n) is 9.71. The number of rotatable bonds is 7. The second-order valence-corrected chi connectivity index (χ2v) is 10.3. The number of carbonyl (C=O) groups excluding carboxylic acids is 1. The van der Waals surface area contributed by atoms with Gasteiger partial charge in [0.05, 0.1) is 11.8 Å². The van der Waals surface area contributed by atoms with Gasteiger partial charge in [-0.2, -0.15) is 0 Å². The highest BCUT2D eigenvalue weighted by atomic mass is 32.2. The number of aromatic nitrogens is 3. The zero-order chi connectivity index (χ0) is 18.9.